The molecule has 0 amide bonds. The van der Waals surface area contributed by atoms with Crippen LogP contribution in [-0.2, 0) is 6.54 Å². The Morgan fingerprint density at radius 1 is 1.15 bits per heavy atom. The van der Waals surface area contributed by atoms with E-state index in [0.717, 1.165) is 11.3 Å². The van der Waals surface area contributed by atoms with E-state index in [4.69, 9.17) is 13.9 Å². The number of rotatable bonds is 4. The largest absolute Gasteiger partial charge is 0.486 e. The van der Waals surface area contributed by atoms with E-state index in [2.05, 4.69) is 29.4 Å². The zero-order valence-electron chi connectivity index (χ0n) is 11.5. The van der Waals surface area contributed by atoms with Crippen LogP contribution in [0, 0.1) is 0 Å². The van der Waals surface area contributed by atoms with Crippen molar-refractivity contribution in [2.75, 3.05) is 13.2 Å². The average Bonchev–Trinajstić information content (AvgIpc) is 2.93. The molecule has 0 bridgehead atoms. The van der Waals surface area contributed by atoms with E-state index in [0.29, 0.717) is 43.3 Å². The first-order valence-electron chi connectivity index (χ1n) is 6.68. The molecule has 0 saturated heterocycles. The Hall–Kier alpha value is -2.08. The molecular formula is C14H17N3O3. The first-order chi connectivity index (χ1) is 9.72. The van der Waals surface area contributed by atoms with Gasteiger partial charge in [0.1, 0.15) is 13.2 Å². The highest BCUT2D eigenvalue weighted by molar-refractivity contribution is 5.59. The van der Waals surface area contributed by atoms with Crippen molar-refractivity contribution >= 4 is 0 Å². The van der Waals surface area contributed by atoms with Crippen LogP contribution in [0.5, 0.6) is 11.5 Å². The summed E-state index contributed by atoms with van der Waals surface area (Å²) in [5, 5.41) is 11.3. The number of aromatic nitrogens is 2. The summed E-state index contributed by atoms with van der Waals surface area (Å²) in [5.41, 5.74) is 0.831. The van der Waals surface area contributed by atoms with Crippen LogP contribution in [0.4, 0.5) is 0 Å². The summed E-state index contributed by atoms with van der Waals surface area (Å²) in [4.78, 5) is 0. The summed E-state index contributed by atoms with van der Waals surface area (Å²) in [6, 6.07) is 5.99. The minimum Gasteiger partial charge on any atom is -0.486 e. The molecule has 6 heteroatoms. The maximum Gasteiger partial charge on any atom is 0.247 e. The number of nitrogens with zero attached hydrogens (tertiary/aromatic N) is 2. The molecule has 6 nitrogen and oxygen atoms in total. The van der Waals surface area contributed by atoms with Crippen molar-refractivity contribution in [3.63, 3.8) is 0 Å². The number of fused-ring (bicyclic) bond motifs is 1. The summed E-state index contributed by atoms with van der Waals surface area (Å²) in [6.45, 7) is 5.84. The van der Waals surface area contributed by atoms with Crippen LogP contribution in [0.25, 0.3) is 11.5 Å². The van der Waals surface area contributed by atoms with Crippen LogP contribution >= 0.6 is 0 Å². The second kappa shape index (κ2) is 5.50. The fourth-order valence-corrected chi connectivity index (χ4v) is 1.91. The Bertz CT molecular complexity index is 595. The summed E-state index contributed by atoms with van der Waals surface area (Å²) in [6.07, 6.45) is 0. The van der Waals surface area contributed by atoms with Crippen LogP contribution in [0.3, 0.4) is 0 Å². The summed E-state index contributed by atoms with van der Waals surface area (Å²) < 4.78 is 16.7. The number of hydrogen-bond donors (Lipinski definition) is 1. The zero-order valence-corrected chi connectivity index (χ0v) is 11.5. The summed E-state index contributed by atoms with van der Waals surface area (Å²) in [7, 11) is 0. The quantitative estimate of drug-likeness (QED) is 0.920. The second-order valence-corrected chi connectivity index (χ2v) is 4.89. The predicted octanol–water partition coefficient (Wildman–Crippen LogP) is 2.01. The minimum atomic E-state index is 0.375. The van der Waals surface area contributed by atoms with Gasteiger partial charge >= 0.3 is 0 Å². The topological polar surface area (TPSA) is 69.4 Å². The third kappa shape index (κ3) is 2.75. The summed E-state index contributed by atoms with van der Waals surface area (Å²) >= 11 is 0. The van der Waals surface area contributed by atoms with Gasteiger partial charge in [-0.05, 0) is 18.2 Å². The first-order valence-corrected chi connectivity index (χ1v) is 6.68. The van der Waals surface area contributed by atoms with Gasteiger partial charge in [0.05, 0.1) is 6.54 Å². The van der Waals surface area contributed by atoms with Crippen molar-refractivity contribution in [2.24, 2.45) is 0 Å². The van der Waals surface area contributed by atoms with Gasteiger partial charge in [0.2, 0.25) is 11.8 Å². The van der Waals surface area contributed by atoms with Crippen molar-refractivity contribution in [1.29, 1.82) is 0 Å². The van der Waals surface area contributed by atoms with Gasteiger partial charge in [-0.2, -0.15) is 0 Å². The molecule has 106 valence electrons. The molecule has 0 spiro atoms. The Balaban J connectivity index is 1.79. The number of hydrogen-bond acceptors (Lipinski definition) is 6. The summed E-state index contributed by atoms with van der Waals surface area (Å²) in [5.74, 6) is 2.53. The van der Waals surface area contributed by atoms with E-state index in [-0.39, 0.29) is 0 Å². The standard InChI is InChI=1S/C14H17N3O3/c1-9(2)15-8-13-16-17-14(20-13)10-3-4-11-12(7-10)19-6-5-18-11/h3-4,7,9,15H,5-6,8H2,1-2H3. The molecule has 1 N–H and O–H groups in total. The fourth-order valence-electron chi connectivity index (χ4n) is 1.91. The molecule has 3 rings (SSSR count). The fraction of sp³-hybridized carbons (Fsp3) is 0.429. The number of benzene rings is 1. The van der Waals surface area contributed by atoms with Gasteiger partial charge in [-0.1, -0.05) is 13.8 Å². The predicted molar refractivity (Wildman–Crippen MR) is 72.7 cm³/mol. The molecule has 0 aliphatic carbocycles. The SMILES string of the molecule is CC(C)NCc1nnc(-c2ccc3c(c2)OCCO3)o1. The Morgan fingerprint density at radius 3 is 2.75 bits per heavy atom. The third-order valence-electron chi connectivity index (χ3n) is 2.92. The highest BCUT2D eigenvalue weighted by Crippen LogP contribution is 2.33. The van der Waals surface area contributed by atoms with Crippen molar-refractivity contribution in [3.8, 4) is 23.0 Å². The molecule has 2 heterocycles. The normalized spacial score (nSPS) is 13.8. The lowest BCUT2D eigenvalue weighted by atomic mass is 10.2. The lowest BCUT2D eigenvalue weighted by molar-refractivity contribution is 0.171. The van der Waals surface area contributed by atoms with Gasteiger partial charge in [0.15, 0.2) is 11.5 Å². The van der Waals surface area contributed by atoms with E-state index >= 15 is 0 Å². The maximum atomic E-state index is 5.63. The number of ether oxygens (including phenoxy) is 2. The highest BCUT2D eigenvalue weighted by Gasteiger charge is 2.15. The Labute approximate surface area is 117 Å². The van der Waals surface area contributed by atoms with Crippen LogP contribution < -0.4 is 14.8 Å². The van der Waals surface area contributed by atoms with Crippen LogP contribution in [0.15, 0.2) is 22.6 Å². The molecule has 0 atom stereocenters. The second-order valence-electron chi connectivity index (χ2n) is 4.89. The molecule has 20 heavy (non-hydrogen) atoms. The molecule has 0 unspecified atom stereocenters. The minimum absolute atomic E-state index is 0.375. The number of nitrogens with one attached hydrogen (secondary N) is 1. The first kappa shape index (κ1) is 12.9. The molecule has 0 fully saturated rings. The van der Waals surface area contributed by atoms with E-state index < -0.39 is 0 Å². The average molecular weight is 275 g/mol. The zero-order chi connectivity index (χ0) is 13.9. The molecular weight excluding hydrogens is 258 g/mol. The lowest BCUT2D eigenvalue weighted by Gasteiger charge is -2.18. The van der Waals surface area contributed by atoms with Gasteiger partial charge in [0, 0.05) is 11.6 Å². The van der Waals surface area contributed by atoms with Gasteiger partial charge in [-0.3, -0.25) is 0 Å². The van der Waals surface area contributed by atoms with Crippen molar-refractivity contribution < 1.29 is 13.9 Å². The third-order valence-corrected chi connectivity index (χ3v) is 2.92. The van der Waals surface area contributed by atoms with E-state index in [1.54, 1.807) is 0 Å². The van der Waals surface area contributed by atoms with Gasteiger partial charge in [-0.25, -0.2) is 0 Å². The Kier molecular flexibility index (Phi) is 3.56. The van der Waals surface area contributed by atoms with Crippen LogP contribution in [-0.4, -0.2) is 29.5 Å². The Morgan fingerprint density at radius 2 is 1.95 bits per heavy atom. The molecule has 2 aromatic rings. The molecule has 0 saturated carbocycles. The van der Waals surface area contributed by atoms with Gasteiger partial charge in [-0.15, -0.1) is 10.2 Å². The monoisotopic (exact) mass is 275 g/mol. The van der Waals surface area contributed by atoms with E-state index in [9.17, 15) is 0 Å². The van der Waals surface area contributed by atoms with E-state index in [1.165, 1.54) is 0 Å². The molecule has 1 aliphatic heterocycles. The molecule has 1 aliphatic rings. The van der Waals surface area contributed by atoms with Gasteiger partial charge in [0.25, 0.3) is 0 Å². The van der Waals surface area contributed by atoms with Crippen molar-refractivity contribution in [1.82, 2.24) is 15.5 Å². The van der Waals surface area contributed by atoms with Crippen LogP contribution in [0.2, 0.25) is 0 Å². The smallest absolute Gasteiger partial charge is 0.247 e. The van der Waals surface area contributed by atoms with Crippen molar-refractivity contribution in [3.05, 3.63) is 24.1 Å². The molecule has 1 aromatic carbocycles. The van der Waals surface area contributed by atoms with E-state index in [1.807, 2.05) is 18.2 Å². The van der Waals surface area contributed by atoms with Crippen LogP contribution in [0.1, 0.15) is 19.7 Å². The van der Waals surface area contributed by atoms with Gasteiger partial charge < -0.3 is 19.2 Å². The molecule has 1 aromatic heterocycles. The highest BCUT2D eigenvalue weighted by atomic mass is 16.6. The van der Waals surface area contributed by atoms with Crippen molar-refractivity contribution in [2.45, 2.75) is 26.4 Å². The lowest BCUT2D eigenvalue weighted by Crippen LogP contribution is -2.21. The maximum absolute atomic E-state index is 5.63. The molecule has 0 radical (unpaired) electrons.